The Morgan fingerprint density at radius 1 is 0.630 bits per heavy atom. The molecule has 0 aliphatic carbocycles. The van der Waals surface area contributed by atoms with Crippen LogP contribution in [0.5, 0.6) is 0 Å². The minimum atomic E-state index is -0.0176. The number of anilines is 2. The predicted octanol–water partition coefficient (Wildman–Crippen LogP) is 6.70. The normalized spacial score (nSPS) is 11.0. The molecule has 138 valence electrons. The highest BCUT2D eigenvalue weighted by molar-refractivity contribution is 5.85. The van der Waals surface area contributed by atoms with E-state index in [1.54, 1.807) is 12.1 Å². The molecule has 0 saturated heterocycles. The van der Waals surface area contributed by atoms with Gasteiger partial charge in [-0.15, -0.1) is 0 Å². The van der Waals surface area contributed by atoms with E-state index in [9.17, 15) is 4.79 Å². The van der Waals surface area contributed by atoms with Crippen LogP contribution in [0.3, 0.4) is 0 Å². The quantitative estimate of drug-likeness (QED) is 0.550. The van der Waals surface area contributed by atoms with E-state index in [2.05, 4.69) is 63.3 Å². The van der Waals surface area contributed by atoms with Crippen LogP contribution in [-0.2, 0) is 0 Å². The fraction of sp³-hybridized carbons (Fsp3) is 0.240. The minimum absolute atomic E-state index is 0.0176. The van der Waals surface area contributed by atoms with Crippen LogP contribution in [-0.4, -0.2) is 0 Å². The molecule has 0 amide bonds. The van der Waals surface area contributed by atoms with Gasteiger partial charge in [0.05, 0.1) is 5.69 Å². The van der Waals surface area contributed by atoms with Gasteiger partial charge in [-0.3, -0.25) is 4.79 Å². The Hall–Kier alpha value is -2.87. The maximum Gasteiger partial charge on any atom is 0.201 e. The molecule has 0 bridgehead atoms. The first-order chi connectivity index (χ1) is 13.0. The first kappa shape index (κ1) is 18.9. The van der Waals surface area contributed by atoms with Gasteiger partial charge >= 0.3 is 0 Å². The summed E-state index contributed by atoms with van der Waals surface area (Å²) in [4.78, 5) is 12.4. The molecular formula is C25H27NO. The first-order valence-corrected chi connectivity index (χ1v) is 9.57. The van der Waals surface area contributed by atoms with Gasteiger partial charge in [-0.25, -0.2) is 0 Å². The second-order valence-corrected chi connectivity index (χ2v) is 7.48. The maximum atomic E-state index is 12.4. The van der Waals surface area contributed by atoms with Crippen molar-refractivity contribution < 1.29 is 0 Å². The lowest BCUT2D eigenvalue weighted by atomic mass is 9.84. The van der Waals surface area contributed by atoms with E-state index in [1.165, 1.54) is 16.7 Å². The zero-order valence-electron chi connectivity index (χ0n) is 16.5. The van der Waals surface area contributed by atoms with E-state index >= 15 is 0 Å². The summed E-state index contributed by atoms with van der Waals surface area (Å²) >= 11 is 0. The van der Waals surface area contributed by atoms with Crippen molar-refractivity contribution in [3.05, 3.63) is 94.1 Å². The molecule has 0 spiro atoms. The Kier molecular flexibility index (Phi) is 5.75. The lowest BCUT2D eigenvalue weighted by molar-refractivity contribution is 0.838. The van der Waals surface area contributed by atoms with Crippen LogP contribution in [0.4, 0.5) is 11.4 Å². The van der Waals surface area contributed by atoms with Gasteiger partial charge in [0.15, 0.2) is 0 Å². The van der Waals surface area contributed by atoms with Gasteiger partial charge in [-0.2, -0.15) is 0 Å². The summed E-state index contributed by atoms with van der Waals surface area (Å²) in [6, 6.07) is 23.8. The molecule has 0 radical (unpaired) electrons. The van der Waals surface area contributed by atoms with Crippen molar-refractivity contribution in [2.24, 2.45) is 0 Å². The molecular weight excluding hydrogens is 330 g/mol. The summed E-state index contributed by atoms with van der Waals surface area (Å²) < 4.78 is 0. The van der Waals surface area contributed by atoms with Crippen molar-refractivity contribution in [3.63, 3.8) is 0 Å². The van der Waals surface area contributed by atoms with Crippen molar-refractivity contribution in [1.29, 1.82) is 0 Å². The molecule has 3 aromatic rings. The average Bonchev–Trinajstić information content (AvgIpc) is 2.86. The molecule has 3 aromatic carbocycles. The fourth-order valence-electron chi connectivity index (χ4n) is 3.45. The van der Waals surface area contributed by atoms with Gasteiger partial charge in [-0.1, -0.05) is 82.3 Å². The highest BCUT2D eigenvalue weighted by Crippen LogP contribution is 2.40. The number of hydrogen-bond donors (Lipinski definition) is 1. The van der Waals surface area contributed by atoms with Crippen LogP contribution in [0.2, 0.25) is 0 Å². The van der Waals surface area contributed by atoms with Crippen molar-refractivity contribution in [2.75, 3.05) is 5.32 Å². The smallest absolute Gasteiger partial charge is 0.201 e. The second kappa shape index (κ2) is 8.22. The third-order valence-corrected chi connectivity index (χ3v) is 4.84. The second-order valence-electron chi connectivity index (χ2n) is 7.48. The Labute approximate surface area is 161 Å². The molecule has 0 saturated carbocycles. The van der Waals surface area contributed by atoms with Crippen molar-refractivity contribution in [1.82, 2.24) is 0 Å². The van der Waals surface area contributed by atoms with Crippen LogP contribution < -0.4 is 10.7 Å². The first-order valence-electron chi connectivity index (χ1n) is 9.57. The highest BCUT2D eigenvalue weighted by Gasteiger charge is 2.18. The highest BCUT2D eigenvalue weighted by atomic mass is 16.1. The van der Waals surface area contributed by atoms with Gasteiger partial charge in [-0.05, 0) is 46.7 Å². The zero-order chi connectivity index (χ0) is 19.4. The molecule has 0 heterocycles. The third-order valence-electron chi connectivity index (χ3n) is 4.84. The number of benzene rings is 2. The van der Waals surface area contributed by atoms with Gasteiger partial charge < -0.3 is 5.32 Å². The van der Waals surface area contributed by atoms with Crippen LogP contribution in [0.25, 0.3) is 11.1 Å². The van der Waals surface area contributed by atoms with Crippen LogP contribution >= 0.6 is 0 Å². The molecule has 2 heteroatoms. The van der Waals surface area contributed by atoms with E-state index in [1.807, 2.05) is 30.3 Å². The van der Waals surface area contributed by atoms with E-state index in [-0.39, 0.29) is 5.43 Å². The summed E-state index contributed by atoms with van der Waals surface area (Å²) in [5, 5.41) is 3.38. The standard InChI is InChI=1S/C25H27NO/c1-17(2)19-12-10-13-20(18(3)4)25(19)21-11-8-9-14-22(21)26-23-15-6-5-7-16-24(23)27/h5-18H,1-4H3,(H,26,27). The van der Waals surface area contributed by atoms with Gasteiger partial charge in [0.2, 0.25) is 5.43 Å². The van der Waals surface area contributed by atoms with Crippen molar-refractivity contribution in [2.45, 2.75) is 39.5 Å². The Balaban J connectivity index is 2.21. The molecule has 27 heavy (non-hydrogen) atoms. The largest absolute Gasteiger partial charge is 0.352 e. The van der Waals surface area contributed by atoms with E-state index in [0.29, 0.717) is 17.5 Å². The fourth-order valence-corrected chi connectivity index (χ4v) is 3.45. The maximum absolute atomic E-state index is 12.4. The van der Waals surface area contributed by atoms with E-state index in [4.69, 9.17) is 0 Å². The minimum Gasteiger partial charge on any atom is -0.352 e. The molecule has 0 aliphatic heterocycles. The SMILES string of the molecule is CC(C)c1cccc(C(C)C)c1-c1ccccc1Nc1cccccc1=O. The topological polar surface area (TPSA) is 29.1 Å². The lowest BCUT2D eigenvalue weighted by Crippen LogP contribution is -2.06. The number of rotatable bonds is 5. The number of nitrogens with one attached hydrogen (secondary N) is 1. The van der Waals surface area contributed by atoms with E-state index < -0.39 is 0 Å². The molecule has 0 unspecified atom stereocenters. The van der Waals surface area contributed by atoms with Gasteiger partial charge in [0.25, 0.3) is 0 Å². The van der Waals surface area contributed by atoms with Gasteiger partial charge in [0, 0.05) is 11.3 Å². The summed E-state index contributed by atoms with van der Waals surface area (Å²) in [5.74, 6) is 0.827. The van der Waals surface area contributed by atoms with Crippen molar-refractivity contribution in [3.8, 4) is 11.1 Å². The Morgan fingerprint density at radius 2 is 1.19 bits per heavy atom. The number of para-hydroxylation sites is 1. The Bertz CT molecular complexity index is 963. The summed E-state index contributed by atoms with van der Waals surface area (Å²) in [6.07, 6.45) is 0. The lowest BCUT2D eigenvalue weighted by Gasteiger charge is -2.22. The Morgan fingerprint density at radius 3 is 1.85 bits per heavy atom. The summed E-state index contributed by atoms with van der Waals surface area (Å²) in [5.41, 5.74) is 6.59. The van der Waals surface area contributed by atoms with Crippen LogP contribution in [0, 0.1) is 0 Å². The van der Waals surface area contributed by atoms with Crippen LogP contribution in [0.1, 0.15) is 50.7 Å². The molecule has 2 nitrogen and oxygen atoms in total. The molecule has 0 fully saturated rings. The molecule has 0 atom stereocenters. The number of hydrogen-bond acceptors (Lipinski definition) is 2. The monoisotopic (exact) mass is 357 g/mol. The summed E-state index contributed by atoms with van der Waals surface area (Å²) in [7, 11) is 0. The molecule has 0 aliphatic rings. The van der Waals surface area contributed by atoms with E-state index in [0.717, 1.165) is 11.3 Å². The zero-order valence-corrected chi connectivity index (χ0v) is 16.5. The molecule has 3 rings (SSSR count). The third kappa shape index (κ3) is 4.11. The average molecular weight is 357 g/mol. The van der Waals surface area contributed by atoms with Gasteiger partial charge in [0.1, 0.15) is 0 Å². The molecule has 0 aromatic heterocycles. The van der Waals surface area contributed by atoms with Crippen molar-refractivity contribution >= 4 is 11.4 Å². The predicted molar refractivity (Wildman–Crippen MR) is 116 cm³/mol. The molecule has 1 N–H and O–H groups in total. The van der Waals surface area contributed by atoms with Crippen LogP contribution in [0.15, 0.2) is 77.6 Å². The summed E-state index contributed by atoms with van der Waals surface area (Å²) in [6.45, 7) is 8.91.